The molecule has 1 fully saturated rings. The quantitative estimate of drug-likeness (QED) is 0.303. The molecule has 0 atom stereocenters. The summed E-state index contributed by atoms with van der Waals surface area (Å²) >= 11 is 0. The van der Waals surface area contributed by atoms with Gasteiger partial charge in [-0.25, -0.2) is 19.2 Å². The molecule has 0 radical (unpaired) electrons. The molecule has 0 spiro atoms. The number of amides is 1. The van der Waals surface area contributed by atoms with Gasteiger partial charge in [-0.05, 0) is 54.7 Å². The van der Waals surface area contributed by atoms with Crippen LogP contribution in [0.25, 0.3) is 11.2 Å². The molecule has 11 heteroatoms. The number of rotatable bonds is 8. The van der Waals surface area contributed by atoms with Crippen molar-refractivity contribution in [3.8, 4) is 0 Å². The summed E-state index contributed by atoms with van der Waals surface area (Å²) in [4.78, 5) is 52.9. The highest BCUT2D eigenvalue weighted by atomic mass is 19.1. The summed E-state index contributed by atoms with van der Waals surface area (Å²) in [6.45, 7) is 0.287. The molecule has 0 saturated heterocycles. The summed E-state index contributed by atoms with van der Waals surface area (Å²) in [5.74, 6) is 0.524. The van der Waals surface area contributed by atoms with Crippen LogP contribution in [0.15, 0.2) is 76.4 Å². The molecule has 208 valence electrons. The van der Waals surface area contributed by atoms with Gasteiger partial charge in [-0.15, -0.1) is 0 Å². The summed E-state index contributed by atoms with van der Waals surface area (Å²) < 4.78 is 17.0. The number of aromatic amines is 1. The molecule has 0 unspecified atom stereocenters. The Balaban J connectivity index is 1.29. The Morgan fingerprint density at radius 1 is 1.07 bits per heavy atom. The molecular weight excluding hydrogens is 525 g/mol. The molecule has 6 rings (SSSR count). The fourth-order valence-corrected chi connectivity index (χ4v) is 4.83. The van der Waals surface area contributed by atoms with Gasteiger partial charge in [0.1, 0.15) is 23.0 Å². The fourth-order valence-electron chi connectivity index (χ4n) is 4.83. The maximum absolute atomic E-state index is 14.4. The Kier molecular flexibility index (Phi) is 6.70. The van der Waals surface area contributed by atoms with E-state index < -0.39 is 17.1 Å². The number of hydrogen-bond donors (Lipinski definition) is 2. The van der Waals surface area contributed by atoms with Gasteiger partial charge in [-0.1, -0.05) is 30.3 Å². The third-order valence-electron chi connectivity index (χ3n) is 7.37. The Bertz CT molecular complexity index is 1870. The number of imidazole rings is 1. The van der Waals surface area contributed by atoms with Gasteiger partial charge in [-0.3, -0.25) is 18.7 Å². The molecule has 3 aromatic heterocycles. The lowest BCUT2D eigenvalue weighted by Gasteiger charge is -2.17. The van der Waals surface area contributed by atoms with Crippen molar-refractivity contribution in [2.45, 2.75) is 32.4 Å². The smallest absolute Gasteiger partial charge is 0.333 e. The maximum Gasteiger partial charge on any atom is 0.333 e. The van der Waals surface area contributed by atoms with Crippen molar-refractivity contribution >= 4 is 28.6 Å². The van der Waals surface area contributed by atoms with Crippen LogP contribution < -0.4 is 21.9 Å². The first-order valence-corrected chi connectivity index (χ1v) is 13.3. The van der Waals surface area contributed by atoms with Crippen molar-refractivity contribution in [2.75, 3.05) is 17.7 Å². The largest absolute Gasteiger partial charge is 0.384 e. The number of nitrogens with one attached hydrogen (secondary N) is 1. The number of nitrogens with zero attached hydrogens (tertiary/aromatic N) is 5. The lowest BCUT2D eigenvalue weighted by Crippen LogP contribution is -2.40. The van der Waals surface area contributed by atoms with Gasteiger partial charge in [0.25, 0.3) is 11.5 Å². The predicted octanol–water partition coefficient (Wildman–Crippen LogP) is 3.33. The predicted molar refractivity (Wildman–Crippen MR) is 153 cm³/mol. The molecule has 3 heterocycles. The standard InChI is InChI=1S/C30H28FN7O3/c1-36(28(39)20-10-13-24(32)33-15-20)22-11-8-18(9-12-22)14-25-34-26-27(35-25)37(16-19-6-7-19)30(41)38(29(26)40)17-21-4-2-3-5-23(21)31/h2-5,8-13,15,19H,6-7,14,16-17H2,1H3,(H2,32,33)(H,34,35). The fraction of sp³-hybridized carbons (Fsp3) is 0.233. The van der Waals surface area contributed by atoms with E-state index in [-0.39, 0.29) is 23.5 Å². The van der Waals surface area contributed by atoms with E-state index in [1.807, 2.05) is 24.3 Å². The highest BCUT2D eigenvalue weighted by Crippen LogP contribution is 2.30. The van der Waals surface area contributed by atoms with Gasteiger partial charge in [-0.2, -0.15) is 0 Å². The topological polar surface area (TPSA) is 132 Å². The first-order valence-electron chi connectivity index (χ1n) is 13.3. The van der Waals surface area contributed by atoms with Crippen molar-refractivity contribution in [2.24, 2.45) is 5.92 Å². The van der Waals surface area contributed by atoms with Crippen molar-refractivity contribution in [1.29, 1.82) is 0 Å². The highest BCUT2D eigenvalue weighted by Gasteiger charge is 2.26. The number of hydrogen-bond acceptors (Lipinski definition) is 6. The monoisotopic (exact) mass is 553 g/mol. The molecule has 1 amide bonds. The van der Waals surface area contributed by atoms with Crippen LogP contribution in [0.4, 0.5) is 15.9 Å². The number of aromatic nitrogens is 5. The molecule has 2 aromatic carbocycles. The van der Waals surface area contributed by atoms with Gasteiger partial charge < -0.3 is 15.6 Å². The van der Waals surface area contributed by atoms with E-state index in [0.717, 1.165) is 23.0 Å². The minimum atomic E-state index is -0.535. The second kappa shape index (κ2) is 10.5. The maximum atomic E-state index is 14.4. The molecule has 0 bridgehead atoms. The SMILES string of the molecule is CN(C(=O)c1ccc(N)nc1)c1ccc(Cc2nc3c([nH]2)c(=O)n(Cc2ccccc2F)c(=O)n3CC2CC2)cc1. The summed E-state index contributed by atoms with van der Waals surface area (Å²) in [6, 6.07) is 16.7. The van der Waals surface area contributed by atoms with Crippen LogP contribution in [0.5, 0.6) is 0 Å². The van der Waals surface area contributed by atoms with Crippen LogP contribution in [0.3, 0.4) is 0 Å². The average molecular weight is 554 g/mol. The minimum Gasteiger partial charge on any atom is -0.384 e. The normalized spacial score (nSPS) is 13.0. The Morgan fingerprint density at radius 2 is 1.83 bits per heavy atom. The summed E-state index contributed by atoms with van der Waals surface area (Å²) in [5.41, 5.74) is 7.38. The number of H-pyrrole nitrogens is 1. The Labute approximate surface area is 233 Å². The van der Waals surface area contributed by atoms with Crippen molar-refractivity contribution < 1.29 is 9.18 Å². The molecule has 10 nitrogen and oxygen atoms in total. The first-order chi connectivity index (χ1) is 19.8. The van der Waals surface area contributed by atoms with Crippen LogP contribution >= 0.6 is 0 Å². The van der Waals surface area contributed by atoms with Crippen molar-refractivity contribution in [1.82, 2.24) is 24.1 Å². The zero-order valence-electron chi connectivity index (χ0n) is 22.4. The zero-order chi connectivity index (χ0) is 28.7. The summed E-state index contributed by atoms with van der Waals surface area (Å²) in [7, 11) is 1.68. The lowest BCUT2D eigenvalue weighted by atomic mass is 10.1. The molecule has 1 aliphatic carbocycles. The van der Waals surface area contributed by atoms with Crippen LogP contribution in [0.1, 0.15) is 40.2 Å². The number of nitrogen functional groups attached to an aromatic ring is 1. The third kappa shape index (κ3) is 5.25. The molecule has 1 saturated carbocycles. The zero-order valence-corrected chi connectivity index (χ0v) is 22.4. The second-order valence-corrected chi connectivity index (χ2v) is 10.4. The molecule has 41 heavy (non-hydrogen) atoms. The first kappa shape index (κ1) is 26.2. The summed E-state index contributed by atoms with van der Waals surface area (Å²) in [5, 5.41) is 0. The van der Waals surface area contributed by atoms with E-state index in [2.05, 4.69) is 15.0 Å². The van der Waals surface area contributed by atoms with E-state index in [1.165, 1.54) is 21.7 Å². The van der Waals surface area contributed by atoms with Crippen LogP contribution in [-0.4, -0.2) is 37.0 Å². The van der Waals surface area contributed by atoms with E-state index in [9.17, 15) is 18.8 Å². The number of carbonyl (C=O) groups excluding carboxylic acids is 1. The lowest BCUT2D eigenvalue weighted by molar-refractivity contribution is 0.0992. The minimum absolute atomic E-state index is 0.167. The van der Waals surface area contributed by atoms with Crippen molar-refractivity contribution in [3.05, 3.63) is 116 Å². The number of halogens is 1. The Morgan fingerprint density at radius 3 is 2.51 bits per heavy atom. The Hall–Kier alpha value is -5.06. The van der Waals surface area contributed by atoms with E-state index >= 15 is 0 Å². The highest BCUT2D eigenvalue weighted by molar-refractivity contribution is 6.05. The van der Waals surface area contributed by atoms with Crippen LogP contribution in [0.2, 0.25) is 0 Å². The molecule has 3 N–H and O–H groups in total. The molecule has 5 aromatic rings. The molecular formula is C30H28FN7O3. The van der Waals surface area contributed by atoms with Crippen LogP contribution in [-0.2, 0) is 19.5 Å². The van der Waals surface area contributed by atoms with E-state index in [1.54, 1.807) is 37.4 Å². The van der Waals surface area contributed by atoms with Gasteiger partial charge >= 0.3 is 5.69 Å². The van der Waals surface area contributed by atoms with E-state index in [4.69, 9.17) is 5.73 Å². The number of pyridine rings is 1. The number of anilines is 2. The molecule has 1 aliphatic rings. The van der Waals surface area contributed by atoms with Crippen molar-refractivity contribution in [3.63, 3.8) is 0 Å². The number of fused-ring (bicyclic) bond motifs is 1. The van der Waals surface area contributed by atoms with E-state index in [0.29, 0.717) is 47.4 Å². The van der Waals surface area contributed by atoms with Gasteiger partial charge in [0, 0.05) is 37.5 Å². The third-order valence-corrected chi connectivity index (χ3v) is 7.37. The van der Waals surface area contributed by atoms with Crippen LogP contribution in [0, 0.1) is 11.7 Å². The number of carbonyl (C=O) groups is 1. The number of nitrogens with two attached hydrogens (primary N) is 1. The molecule has 0 aliphatic heterocycles. The van der Waals surface area contributed by atoms with Gasteiger partial charge in [0.2, 0.25) is 0 Å². The summed E-state index contributed by atoms with van der Waals surface area (Å²) in [6.07, 6.45) is 3.84. The number of benzene rings is 2. The average Bonchev–Trinajstić information content (AvgIpc) is 3.71. The van der Waals surface area contributed by atoms with Gasteiger partial charge in [0.15, 0.2) is 5.65 Å². The second-order valence-electron chi connectivity index (χ2n) is 10.4. The van der Waals surface area contributed by atoms with Gasteiger partial charge in [0.05, 0.1) is 12.1 Å².